The van der Waals surface area contributed by atoms with E-state index in [0.717, 1.165) is 17.1 Å². The zero-order valence-corrected chi connectivity index (χ0v) is 11.8. The van der Waals surface area contributed by atoms with Gasteiger partial charge in [-0.1, -0.05) is 18.2 Å². The average Bonchev–Trinajstić information content (AvgIpc) is 2.46. The number of halogens is 1. The van der Waals surface area contributed by atoms with Crippen molar-refractivity contribution in [2.45, 2.75) is 0 Å². The molecule has 1 N–H and O–H groups in total. The number of carboxylic acid groups (broad SMARTS) is 1. The maximum atomic E-state index is 11.0. The van der Waals surface area contributed by atoms with Crippen molar-refractivity contribution >= 4 is 29.8 Å². The summed E-state index contributed by atoms with van der Waals surface area (Å²) >= 11 is 0. The molecule has 0 heterocycles. The Morgan fingerprint density at radius 2 is 1.60 bits per heavy atom. The maximum Gasteiger partial charge on any atom is 0.323 e. The lowest BCUT2D eigenvalue weighted by Crippen LogP contribution is -2.24. The monoisotopic (exact) mass is 293 g/mol. The van der Waals surface area contributed by atoms with Gasteiger partial charge in [-0.05, 0) is 36.4 Å². The van der Waals surface area contributed by atoms with E-state index in [1.807, 2.05) is 54.6 Å². The molecule has 0 saturated heterocycles. The van der Waals surface area contributed by atoms with E-state index in [4.69, 9.17) is 9.84 Å². The molecule has 0 aliphatic heterocycles. The fourth-order valence-corrected chi connectivity index (χ4v) is 1.84. The highest BCUT2D eigenvalue weighted by Crippen LogP contribution is 2.26. The minimum atomic E-state index is -0.875. The Morgan fingerprint density at radius 3 is 2.10 bits per heavy atom. The second-order valence-electron chi connectivity index (χ2n) is 4.01. The molecule has 0 unspecified atom stereocenters. The number of para-hydroxylation sites is 1. The predicted octanol–water partition coefficient (Wildman–Crippen LogP) is 3.34. The number of methoxy groups -OCH3 is 1. The molecule has 4 nitrogen and oxygen atoms in total. The standard InChI is InChI=1S/C15H15NO3.ClH/c1-19-14-9-7-13(8-10-14)16(11-15(17)18)12-5-3-2-4-6-12;/h2-10H,11H2,1H3,(H,17,18);1H. The summed E-state index contributed by atoms with van der Waals surface area (Å²) in [5.74, 6) is -0.133. The first kappa shape index (κ1) is 15.9. The van der Waals surface area contributed by atoms with Crippen LogP contribution >= 0.6 is 12.4 Å². The third-order valence-electron chi connectivity index (χ3n) is 2.75. The number of aliphatic carboxylic acids is 1. The molecule has 0 radical (unpaired) electrons. The number of carbonyl (C=O) groups is 1. The van der Waals surface area contributed by atoms with Crippen molar-refractivity contribution in [1.82, 2.24) is 0 Å². The van der Waals surface area contributed by atoms with Crippen LogP contribution in [-0.4, -0.2) is 24.7 Å². The van der Waals surface area contributed by atoms with Gasteiger partial charge in [0, 0.05) is 11.4 Å². The Morgan fingerprint density at radius 1 is 1.05 bits per heavy atom. The average molecular weight is 294 g/mol. The third-order valence-corrected chi connectivity index (χ3v) is 2.75. The molecule has 20 heavy (non-hydrogen) atoms. The van der Waals surface area contributed by atoms with Crippen LogP contribution in [-0.2, 0) is 4.79 Å². The van der Waals surface area contributed by atoms with Gasteiger partial charge in [0.1, 0.15) is 12.3 Å². The summed E-state index contributed by atoms with van der Waals surface area (Å²) in [6.07, 6.45) is 0. The second-order valence-corrected chi connectivity index (χ2v) is 4.01. The summed E-state index contributed by atoms with van der Waals surface area (Å²) in [7, 11) is 1.60. The highest BCUT2D eigenvalue weighted by Gasteiger charge is 2.12. The first-order chi connectivity index (χ1) is 9.20. The molecule has 0 aliphatic carbocycles. The molecule has 2 rings (SSSR count). The van der Waals surface area contributed by atoms with Gasteiger partial charge in [0.25, 0.3) is 0 Å². The minimum Gasteiger partial charge on any atom is -0.497 e. The highest BCUT2D eigenvalue weighted by atomic mass is 35.5. The van der Waals surface area contributed by atoms with Gasteiger partial charge in [0.2, 0.25) is 0 Å². The van der Waals surface area contributed by atoms with Gasteiger partial charge in [0.05, 0.1) is 7.11 Å². The lowest BCUT2D eigenvalue weighted by Gasteiger charge is -2.23. The van der Waals surface area contributed by atoms with Crippen LogP contribution in [0, 0.1) is 0 Å². The van der Waals surface area contributed by atoms with Gasteiger partial charge in [0.15, 0.2) is 0 Å². The number of benzene rings is 2. The van der Waals surface area contributed by atoms with Crippen LogP contribution in [0.5, 0.6) is 5.75 Å². The Bertz CT molecular complexity index is 543. The van der Waals surface area contributed by atoms with Crippen molar-refractivity contribution < 1.29 is 14.6 Å². The lowest BCUT2D eigenvalue weighted by molar-refractivity contribution is -0.135. The summed E-state index contributed by atoms with van der Waals surface area (Å²) in [5.41, 5.74) is 1.66. The molecule has 0 spiro atoms. The van der Waals surface area contributed by atoms with E-state index >= 15 is 0 Å². The van der Waals surface area contributed by atoms with E-state index < -0.39 is 5.97 Å². The Labute approximate surface area is 124 Å². The first-order valence-electron chi connectivity index (χ1n) is 5.89. The molecule has 0 saturated carbocycles. The van der Waals surface area contributed by atoms with Gasteiger partial charge in [-0.3, -0.25) is 4.79 Å². The summed E-state index contributed by atoms with van der Waals surface area (Å²) < 4.78 is 5.10. The molecule has 106 valence electrons. The molecule has 0 fully saturated rings. The van der Waals surface area contributed by atoms with Crippen molar-refractivity contribution in [3.05, 3.63) is 54.6 Å². The molecule has 2 aromatic rings. The van der Waals surface area contributed by atoms with Gasteiger partial charge in [-0.25, -0.2) is 0 Å². The number of carboxylic acids is 1. The fourth-order valence-electron chi connectivity index (χ4n) is 1.84. The van der Waals surface area contributed by atoms with Crippen LogP contribution in [0.2, 0.25) is 0 Å². The van der Waals surface area contributed by atoms with E-state index in [1.54, 1.807) is 12.0 Å². The van der Waals surface area contributed by atoms with E-state index in [2.05, 4.69) is 0 Å². The SMILES string of the molecule is COc1ccc(N(CC(=O)O)c2ccccc2)cc1.Cl. The van der Waals surface area contributed by atoms with Crippen molar-refractivity contribution in [2.75, 3.05) is 18.6 Å². The van der Waals surface area contributed by atoms with Crippen molar-refractivity contribution in [3.8, 4) is 5.75 Å². The van der Waals surface area contributed by atoms with E-state index in [0.29, 0.717) is 0 Å². The minimum absolute atomic E-state index is 0. The van der Waals surface area contributed by atoms with Crippen LogP contribution < -0.4 is 9.64 Å². The molecule has 0 amide bonds. The molecule has 0 aliphatic rings. The summed E-state index contributed by atoms with van der Waals surface area (Å²) in [6, 6.07) is 16.7. The van der Waals surface area contributed by atoms with Crippen molar-refractivity contribution in [2.24, 2.45) is 0 Å². The number of ether oxygens (including phenoxy) is 1. The lowest BCUT2D eigenvalue weighted by atomic mass is 10.2. The van der Waals surface area contributed by atoms with Crippen molar-refractivity contribution in [3.63, 3.8) is 0 Å². The van der Waals surface area contributed by atoms with Crippen LogP contribution in [0.25, 0.3) is 0 Å². The largest absolute Gasteiger partial charge is 0.497 e. The van der Waals surface area contributed by atoms with E-state index in [9.17, 15) is 4.79 Å². The molecule has 0 atom stereocenters. The summed E-state index contributed by atoms with van der Waals surface area (Å²) in [4.78, 5) is 12.8. The second kappa shape index (κ2) is 7.40. The van der Waals surface area contributed by atoms with Gasteiger partial charge < -0.3 is 14.7 Å². The molecule has 0 aromatic heterocycles. The maximum absolute atomic E-state index is 11.0. The Kier molecular flexibility index (Phi) is 5.87. The first-order valence-corrected chi connectivity index (χ1v) is 5.89. The number of hydrogen-bond donors (Lipinski definition) is 1. The van der Waals surface area contributed by atoms with E-state index in [1.165, 1.54) is 0 Å². The molecule has 0 bridgehead atoms. The van der Waals surface area contributed by atoms with Crippen LogP contribution in [0.1, 0.15) is 0 Å². The summed E-state index contributed by atoms with van der Waals surface area (Å²) in [6.45, 7) is -0.0870. The fraction of sp³-hybridized carbons (Fsp3) is 0.133. The van der Waals surface area contributed by atoms with Gasteiger partial charge >= 0.3 is 5.97 Å². The number of hydrogen-bond acceptors (Lipinski definition) is 3. The Hall–Kier alpha value is -2.20. The van der Waals surface area contributed by atoms with Crippen LogP contribution in [0.4, 0.5) is 11.4 Å². The van der Waals surface area contributed by atoms with Crippen LogP contribution in [0.15, 0.2) is 54.6 Å². The Balaban J connectivity index is 0.00000200. The topological polar surface area (TPSA) is 49.8 Å². The predicted molar refractivity (Wildman–Crippen MR) is 81.3 cm³/mol. The number of anilines is 2. The van der Waals surface area contributed by atoms with Crippen molar-refractivity contribution in [1.29, 1.82) is 0 Å². The number of nitrogens with zero attached hydrogens (tertiary/aromatic N) is 1. The molecule has 2 aromatic carbocycles. The molecular formula is C15H16ClNO3. The quantitative estimate of drug-likeness (QED) is 0.918. The zero-order valence-electron chi connectivity index (χ0n) is 11.0. The molecule has 5 heteroatoms. The van der Waals surface area contributed by atoms with E-state index in [-0.39, 0.29) is 19.0 Å². The normalized spacial score (nSPS) is 9.45. The van der Waals surface area contributed by atoms with Gasteiger partial charge in [-0.2, -0.15) is 0 Å². The number of rotatable bonds is 5. The molecular weight excluding hydrogens is 278 g/mol. The van der Waals surface area contributed by atoms with Gasteiger partial charge in [-0.15, -0.1) is 12.4 Å². The third kappa shape index (κ3) is 3.90. The van der Waals surface area contributed by atoms with Crippen LogP contribution in [0.3, 0.4) is 0 Å². The smallest absolute Gasteiger partial charge is 0.323 e. The highest BCUT2D eigenvalue weighted by molar-refractivity contribution is 5.85. The summed E-state index contributed by atoms with van der Waals surface area (Å²) in [5, 5.41) is 9.04. The zero-order chi connectivity index (χ0) is 13.7.